The van der Waals surface area contributed by atoms with Crippen molar-refractivity contribution in [2.24, 2.45) is 0 Å². The van der Waals surface area contributed by atoms with E-state index in [1.54, 1.807) is 6.92 Å². The van der Waals surface area contributed by atoms with Crippen molar-refractivity contribution in [3.63, 3.8) is 0 Å². The number of carbonyl (C=O) groups excluding carboxylic acids is 2. The Morgan fingerprint density at radius 2 is 1.74 bits per heavy atom. The largest absolute Gasteiger partial charge is 0.326 e. The Labute approximate surface area is 156 Å². The zero-order valence-corrected chi connectivity index (χ0v) is 15.1. The predicted molar refractivity (Wildman–Crippen MR) is 98.6 cm³/mol. The second-order valence-corrected chi connectivity index (χ2v) is 6.73. The molecule has 0 aliphatic carbocycles. The molecule has 3 rings (SSSR count). The number of benzene rings is 2. The molecular weight excluding hydrogens is 348 g/mol. The number of nitrogens with one attached hydrogen (secondary N) is 1. The molecule has 1 aliphatic heterocycles. The summed E-state index contributed by atoms with van der Waals surface area (Å²) in [6, 6.07) is 14.9. The number of hydrogen-bond donors (Lipinski definition) is 1. The van der Waals surface area contributed by atoms with Crippen molar-refractivity contribution < 1.29 is 14.5 Å². The number of non-ortho nitro benzene ring substituents is 1. The first-order valence-corrected chi connectivity index (χ1v) is 8.43. The molecule has 1 aliphatic rings. The maximum atomic E-state index is 12.9. The van der Waals surface area contributed by atoms with Gasteiger partial charge in [-0.3, -0.25) is 19.8 Å². The van der Waals surface area contributed by atoms with E-state index in [1.807, 2.05) is 42.3 Å². The maximum Gasteiger partial charge on any atom is 0.326 e. The van der Waals surface area contributed by atoms with Crippen molar-refractivity contribution in [2.45, 2.75) is 19.0 Å². The summed E-state index contributed by atoms with van der Waals surface area (Å²) in [5, 5.41) is 13.5. The molecule has 1 N–H and O–H groups in total. The molecule has 0 bridgehead atoms. The third-order valence-electron chi connectivity index (χ3n) is 4.61. The van der Waals surface area contributed by atoms with Crippen LogP contribution in [0.5, 0.6) is 0 Å². The topological polar surface area (TPSA) is 95.8 Å². The molecule has 0 unspecified atom stereocenters. The first-order chi connectivity index (χ1) is 12.8. The van der Waals surface area contributed by atoms with Crippen LogP contribution in [0, 0.1) is 10.1 Å². The van der Waals surface area contributed by atoms with E-state index in [2.05, 4.69) is 5.32 Å². The molecular formula is C19H20N4O4. The molecule has 140 valence electrons. The summed E-state index contributed by atoms with van der Waals surface area (Å²) < 4.78 is 0. The van der Waals surface area contributed by atoms with E-state index in [9.17, 15) is 19.7 Å². The summed E-state index contributed by atoms with van der Waals surface area (Å²) in [4.78, 5) is 38.6. The molecule has 1 saturated heterocycles. The van der Waals surface area contributed by atoms with Gasteiger partial charge < -0.3 is 5.32 Å². The van der Waals surface area contributed by atoms with Gasteiger partial charge in [0, 0.05) is 18.7 Å². The van der Waals surface area contributed by atoms with Gasteiger partial charge in [-0.15, -0.1) is 0 Å². The molecule has 3 amide bonds. The van der Waals surface area contributed by atoms with Crippen molar-refractivity contribution in [1.82, 2.24) is 15.1 Å². The lowest BCUT2D eigenvalue weighted by Gasteiger charge is -2.24. The second kappa shape index (κ2) is 7.16. The van der Waals surface area contributed by atoms with Gasteiger partial charge >= 0.3 is 6.03 Å². The van der Waals surface area contributed by atoms with Crippen LogP contribution in [0.1, 0.15) is 18.1 Å². The number of nitro benzene ring substituents is 1. The van der Waals surface area contributed by atoms with Gasteiger partial charge in [0.15, 0.2) is 0 Å². The van der Waals surface area contributed by atoms with Gasteiger partial charge in [0.25, 0.3) is 11.6 Å². The molecule has 8 heteroatoms. The smallest absolute Gasteiger partial charge is 0.319 e. The number of urea groups is 1. The predicted octanol–water partition coefficient (Wildman–Crippen LogP) is 2.45. The third kappa shape index (κ3) is 3.65. The van der Waals surface area contributed by atoms with Gasteiger partial charge in [-0.25, -0.2) is 9.69 Å². The molecule has 0 aromatic heterocycles. The van der Waals surface area contributed by atoms with Crippen LogP contribution in [0.25, 0.3) is 0 Å². The molecule has 1 fully saturated rings. The van der Waals surface area contributed by atoms with E-state index < -0.39 is 16.5 Å². The van der Waals surface area contributed by atoms with Crippen LogP contribution in [0.2, 0.25) is 0 Å². The fraction of sp³-hybridized carbons (Fsp3) is 0.263. The summed E-state index contributed by atoms with van der Waals surface area (Å²) in [5.41, 5.74) is 0.253. The average molecular weight is 368 g/mol. The first kappa shape index (κ1) is 18.5. The summed E-state index contributed by atoms with van der Waals surface area (Å²) >= 11 is 0. The third-order valence-corrected chi connectivity index (χ3v) is 4.61. The highest BCUT2D eigenvalue weighted by Crippen LogP contribution is 2.30. The maximum absolute atomic E-state index is 12.9. The zero-order valence-electron chi connectivity index (χ0n) is 15.1. The van der Waals surface area contributed by atoms with Gasteiger partial charge in [-0.1, -0.05) is 30.3 Å². The zero-order chi connectivity index (χ0) is 19.6. The molecule has 8 nitrogen and oxygen atoms in total. The van der Waals surface area contributed by atoms with Crippen molar-refractivity contribution in [2.75, 3.05) is 13.7 Å². The Bertz CT molecular complexity index is 869. The summed E-state index contributed by atoms with van der Waals surface area (Å²) in [5.74, 6) is -0.388. The fourth-order valence-electron chi connectivity index (χ4n) is 3.12. The molecule has 0 spiro atoms. The van der Waals surface area contributed by atoms with Crippen LogP contribution in [0.15, 0.2) is 54.6 Å². The Morgan fingerprint density at radius 1 is 1.11 bits per heavy atom. The summed E-state index contributed by atoms with van der Waals surface area (Å²) in [6.07, 6.45) is 0. The van der Waals surface area contributed by atoms with Gasteiger partial charge in [0.1, 0.15) is 5.54 Å². The van der Waals surface area contributed by atoms with E-state index in [-0.39, 0.29) is 18.3 Å². The standard InChI is InChI=1S/C19H20N4O4/c1-19(15-8-10-16(11-9-15)23(26)27)17(24)22(18(25)20-19)13-21(2)12-14-6-4-3-5-7-14/h3-11H,12-13H2,1-2H3,(H,20,25)/t19-/m1/s1. The minimum Gasteiger partial charge on any atom is -0.319 e. The van der Waals surface area contributed by atoms with Crippen molar-refractivity contribution >= 4 is 17.6 Å². The summed E-state index contributed by atoms with van der Waals surface area (Å²) in [7, 11) is 1.83. The van der Waals surface area contributed by atoms with Crippen LogP contribution in [-0.2, 0) is 16.9 Å². The quantitative estimate of drug-likeness (QED) is 0.480. The SMILES string of the molecule is CN(Cc1ccccc1)CN1C(=O)N[C@](C)(c2ccc([N+](=O)[O-])cc2)C1=O. The van der Waals surface area contributed by atoms with Gasteiger partial charge in [-0.05, 0) is 37.2 Å². The number of nitro groups is 1. The molecule has 1 atom stereocenters. The van der Waals surface area contributed by atoms with Crippen LogP contribution in [-0.4, -0.2) is 40.4 Å². The number of amides is 3. The highest BCUT2D eigenvalue weighted by atomic mass is 16.6. The minimum absolute atomic E-state index is 0.0708. The lowest BCUT2D eigenvalue weighted by molar-refractivity contribution is -0.384. The van der Waals surface area contributed by atoms with Crippen LogP contribution < -0.4 is 5.32 Å². The van der Waals surface area contributed by atoms with Crippen molar-refractivity contribution in [1.29, 1.82) is 0 Å². The van der Waals surface area contributed by atoms with E-state index in [0.717, 1.165) is 10.5 Å². The Kier molecular flexibility index (Phi) is 4.91. The first-order valence-electron chi connectivity index (χ1n) is 8.43. The fourth-order valence-corrected chi connectivity index (χ4v) is 3.12. The van der Waals surface area contributed by atoms with E-state index in [1.165, 1.54) is 24.3 Å². The van der Waals surface area contributed by atoms with Crippen molar-refractivity contribution in [3.8, 4) is 0 Å². The lowest BCUT2D eigenvalue weighted by atomic mass is 9.92. The number of rotatable bonds is 6. The Balaban J connectivity index is 1.74. The Morgan fingerprint density at radius 3 is 2.33 bits per heavy atom. The minimum atomic E-state index is -1.25. The van der Waals surface area contributed by atoms with Crippen LogP contribution in [0.4, 0.5) is 10.5 Å². The van der Waals surface area contributed by atoms with Gasteiger partial charge in [0.05, 0.1) is 11.6 Å². The number of nitrogens with zero attached hydrogens (tertiary/aromatic N) is 3. The normalized spacial score (nSPS) is 19.4. The van der Waals surface area contributed by atoms with E-state index in [4.69, 9.17) is 0 Å². The van der Waals surface area contributed by atoms with Gasteiger partial charge in [0.2, 0.25) is 0 Å². The van der Waals surface area contributed by atoms with E-state index >= 15 is 0 Å². The van der Waals surface area contributed by atoms with Gasteiger partial charge in [-0.2, -0.15) is 0 Å². The molecule has 1 heterocycles. The van der Waals surface area contributed by atoms with Crippen LogP contribution in [0.3, 0.4) is 0 Å². The number of carbonyl (C=O) groups is 2. The molecule has 0 radical (unpaired) electrons. The Hall–Kier alpha value is -3.26. The highest BCUT2D eigenvalue weighted by molar-refractivity contribution is 6.07. The highest BCUT2D eigenvalue weighted by Gasteiger charge is 2.49. The lowest BCUT2D eigenvalue weighted by Crippen LogP contribution is -2.42. The monoisotopic (exact) mass is 368 g/mol. The molecule has 2 aromatic carbocycles. The molecule has 2 aromatic rings. The average Bonchev–Trinajstić information content (AvgIpc) is 2.86. The number of hydrogen-bond acceptors (Lipinski definition) is 5. The van der Waals surface area contributed by atoms with E-state index in [0.29, 0.717) is 12.1 Å². The van der Waals surface area contributed by atoms with Crippen LogP contribution >= 0.6 is 0 Å². The summed E-state index contributed by atoms with van der Waals surface area (Å²) in [6.45, 7) is 2.33. The molecule has 27 heavy (non-hydrogen) atoms. The number of imide groups is 1. The second-order valence-electron chi connectivity index (χ2n) is 6.73. The van der Waals surface area contributed by atoms with Crippen molar-refractivity contribution in [3.05, 3.63) is 75.8 Å². The molecule has 0 saturated carbocycles.